The Bertz CT molecular complexity index is 1520. The summed E-state index contributed by atoms with van der Waals surface area (Å²) in [6, 6.07) is 4.89. The minimum atomic E-state index is -5.17. The number of carbonyl (C=O) groups is 2. The van der Waals surface area contributed by atoms with Crippen LogP contribution in [0, 0.1) is 11.2 Å². The summed E-state index contributed by atoms with van der Waals surface area (Å²) in [5, 5.41) is 8.73. The van der Waals surface area contributed by atoms with Crippen LogP contribution in [-0.4, -0.2) is 87.4 Å². The zero-order valence-electron chi connectivity index (χ0n) is 27.6. The molecule has 0 saturated carbocycles. The van der Waals surface area contributed by atoms with E-state index < -0.39 is 35.6 Å². The maximum absolute atomic E-state index is 15.6. The van der Waals surface area contributed by atoms with Crippen molar-refractivity contribution < 1.29 is 50.8 Å². The number of nitrogens with zero attached hydrogens (tertiary/aromatic N) is 2. The number of alkyl halides is 3. The van der Waals surface area contributed by atoms with Gasteiger partial charge in [0.25, 0.3) is 0 Å². The molecule has 0 aromatic heterocycles. The molecule has 0 aliphatic carbocycles. The average molecular weight is 668 g/mol. The van der Waals surface area contributed by atoms with Crippen LogP contribution in [0.15, 0.2) is 18.2 Å². The van der Waals surface area contributed by atoms with Crippen molar-refractivity contribution in [2.24, 2.45) is 0 Å². The van der Waals surface area contributed by atoms with Crippen molar-refractivity contribution in [2.45, 2.75) is 71.9 Å². The molecule has 2 aromatic rings. The first-order valence-electron chi connectivity index (χ1n) is 15.4. The van der Waals surface area contributed by atoms with Crippen molar-refractivity contribution >= 4 is 23.3 Å². The zero-order valence-corrected chi connectivity index (χ0v) is 27.6. The predicted octanol–water partition coefficient (Wildman–Crippen LogP) is 5.65. The van der Waals surface area contributed by atoms with Crippen LogP contribution < -0.4 is 19.1 Å². The van der Waals surface area contributed by atoms with Gasteiger partial charge in [-0.3, -0.25) is 10.2 Å². The third-order valence-corrected chi connectivity index (χ3v) is 7.94. The summed E-state index contributed by atoms with van der Waals surface area (Å²) in [4.78, 5) is 28.7. The van der Waals surface area contributed by atoms with E-state index in [1.165, 1.54) is 12.0 Å². The smallest absolute Gasteiger partial charge is 0.490 e. The number of benzene rings is 2. The third-order valence-electron chi connectivity index (χ3n) is 7.94. The van der Waals surface area contributed by atoms with E-state index in [9.17, 15) is 22.8 Å². The Morgan fingerprint density at radius 3 is 2.19 bits per heavy atom. The molecule has 4 rings (SSSR count). The van der Waals surface area contributed by atoms with Crippen LogP contribution in [0.25, 0.3) is 0 Å². The lowest BCUT2D eigenvalue weighted by atomic mass is 9.84. The number of hydrogen-bond acceptors (Lipinski definition) is 9. The number of fused-ring (bicyclic) bond motifs is 1. The van der Waals surface area contributed by atoms with E-state index in [2.05, 4.69) is 0 Å². The van der Waals surface area contributed by atoms with E-state index in [0.29, 0.717) is 22.6 Å². The molecule has 2 heterocycles. The van der Waals surface area contributed by atoms with Crippen LogP contribution in [-0.2, 0) is 26.2 Å². The number of anilines is 1. The van der Waals surface area contributed by atoms with E-state index >= 15 is 4.39 Å². The maximum atomic E-state index is 15.6. The molecule has 0 unspecified atom stereocenters. The van der Waals surface area contributed by atoms with E-state index in [1.807, 2.05) is 20.8 Å². The first kappa shape index (κ1) is 35.8. The van der Waals surface area contributed by atoms with Crippen LogP contribution in [0.5, 0.6) is 17.2 Å². The van der Waals surface area contributed by atoms with Crippen molar-refractivity contribution in [3.05, 3.63) is 46.3 Å². The highest BCUT2D eigenvalue weighted by Crippen LogP contribution is 2.43. The molecule has 1 fully saturated rings. The van der Waals surface area contributed by atoms with Gasteiger partial charge in [0.1, 0.15) is 23.8 Å². The topological polar surface area (TPSA) is 111 Å². The largest absolute Gasteiger partial charge is 0.494 e. The van der Waals surface area contributed by atoms with Crippen molar-refractivity contribution in [3.63, 3.8) is 0 Å². The fraction of sp³-hybridized carbons (Fsp3) is 0.545. The third kappa shape index (κ3) is 7.42. The Labute approximate surface area is 271 Å². The lowest BCUT2D eigenvalue weighted by Gasteiger charge is -2.29. The number of ether oxygens (including phenoxy) is 5. The van der Waals surface area contributed by atoms with Gasteiger partial charge < -0.3 is 33.5 Å². The number of methoxy groups -OCH3 is 1. The van der Waals surface area contributed by atoms with Crippen LogP contribution in [0.2, 0.25) is 0 Å². The summed E-state index contributed by atoms with van der Waals surface area (Å²) in [5.74, 6) is -3.06. The number of esters is 1. The zero-order chi connectivity index (χ0) is 34.8. The van der Waals surface area contributed by atoms with Crippen molar-refractivity contribution in [2.75, 3.05) is 51.5 Å². The summed E-state index contributed by atoms with van der Waals surface area (Å²) in [6.07, 6.45) is -7.27. The van der Waals surface area contributed by atoms with Crippen LogP contribution in [0.3, 0.4) is 0 Å². The minimum absolute atomic E-state index is 0.0361. The van der Waals surface area contributed by atoms with Gasteiger partial charge in [0.15, 0.2) is 23.1 Å². The summed E-state index contributed by atoms with van der Waals surface area (Å²) in [5.41, 5.74) is 1.29. The van der Waals surface area contributed by atoms with Crippen molar-refractivity contribution in [1.82, 2.24) is 4.90 Å². The lowest BCUT2D eigenvalue weighted by molar-refractivity contribution is -0.208. The average Bonchev–Trinajstić information content (AvgIpc) is 3.53. The normalized spacial score (nSPS) is 18.0. The van der Waals surface area contributed by atoms with Gasteiger partial charge in [-0.05, 0) is 49.9 Å². The van der Waals surface area contributed by atoms with Gasteiger partial charge in [0.2, 0.25) is 0 Å². The Morgan fingerprint density at radius 2 is 1.62 bits per heavy atom. The number of hydrogen-bond donors (Lipinski definition) is 1. The highest BCUT2D eigenvalue weighted by Gasteiger charge is 2.46. The molecule has 0 bridgehead atoms. The van der Waals surface area contributed by atoms with E-state index in [1.54, 1.807) is 43.9 Å². The second-order valence-electron chi connectivity index (χ2n) is 12.2. The van der Waals surface area contributed by atoms with E-state index in [0.717, 1.165) is 0 Å². The molecule has 258 valence electrons. The summed E-state index contributed by atoms with van der Waals surface area (Å²) >= 11 is 0. The number of Topliss-reactive ketones (excluding diaryl/α,β-unsaturated/α-hetero) is 1. The number of amidine groups is 1. The number of nitrogens with one attached hydrogen (secondary N) is 1. The van der Waals surface area contributed by atoms with Gasteiger partial charge in [-0.15, -0.1) is 0 Å². The minimum Gasteiger partial charge on any atom is -0.494 e. The number of halogens is 4. The number of ketones is 1. The van der Waals surface area contributed by atoms with Crippen molar-refractivity contribution in [1.29, 1.82) is 5.41 Å². The standard InChI is InChI=1S/C33H41F4N3O7/c1-8-44-23-13-19-14-40(30(38)26(19)27(34)29(23)46-10-3)15-22(41)18-11-20(32(4,5)6)28(43-7)21(12-18)39-16-24(45-9-2)25(17-39)47-31(42)33(35,36)37/h11-13,24-25,38H,8-10,14-17H2,1-7H3/t24-,25-/m0/s1. The molecular formula is C33H41F4N3O7. The van der Waals surface area contributed by atoms with Crippen LogP contribution in [0.4, 0.5) is 23.2 Å². The fourth-order valence-corrected chi connectivity index (χ4v) is 5.84. The SMILES string of the molecule is CCOc1cc2c(c(F)c1OCC)C(=N)N(CC(=O)c1cc(N3C[C@H](OCC)[C@@H](OC(=O)C(F)(F)F)C3)c(OC)c(C(C)(C)C)c1)C2. The van der Waals surface area contributed by atoms with Crippen molar-refractivity contribution in [3.8, 4) is 17.2 Å². The van der Waals surface area contributed by atoms with Gasteiger partial charge in [0, 0.05) is 30.8 Å². The van der Waals surface area contributed by atoms with Gasteiger partial charge >= 0.3 is 12.1 Å². The molecule has 1 saturated heterocycles. The molecule has 0 radical (unpaired) electrons. The quantitative estimate of drug-likeness (QED) is 0.174. The number of rotatable bonds is 12. The molecule has 2 aliphatic rings. The molecule has 1 N–H and O–H groups in total. The molecule has 47 heavy (non-hydrogen) atoms. The molecule has 10 nitrogen and oxygen atoms in total. The molecule has 0 spiro atoms. The highest BCUT2D eigenvalue weighted by atomic mass is 19.4. The van der Waals surface area contributed by atoms with Crippen LogP contribution >= 0.6 is 0 Å². The van der Waals surface area contributed by atoms with E-state index in [4.69, 9.17) is 29.1 Å². The monoisotopic (exact) mass is 667 g/mol. The lowest BCUT2D eigenvalue weighted by Crippen LogP contribution is -2.37. The van der Waals surface area contributed by atoms with Gasteiger partial charge in [-0.1, -0.05) is 20.8 Å². The Hall–Kier alpha value is -4.07. The maximum Gasteiger partial charge on any atom is 0.490 e. The second-order valence-corrected chi connectivity index (χ2v) is 12.2. The summed E-state index contributed by atoms with van der Waals surface area (Å²) in [7, 11) is 1.46. The first-order chi connectivity index (χ1) is 22.0. The molecule has 2 aliphatic heterocycles. The molecule has 0 amide bonds. The summed E-state index contributed by atoms with van der Waals surface area (Å²) in [6.45, 7) is 11.3. The number of carbonyl (C=O) groups excluding carboxylic acids is 2. The summed E-state index contributed by atoms with van der Waals surface area (Å²) < 4.78 is 82.1. The predicted molar refractivity (Wildman–Crippen MR) is 166 cm³/mol. The van der Waals surface area contributed by atoms with Crippen LogP contribution in [0.1, 0.15) is 68.6 Å². The highest BCUT2D eigenvalue weighted by molar-refractivity contribution is 6.06. The molecule has 14 heteroatoms. The van der Waals surface area contributed by atoms with Gasteiger partial charge in [0.05, 0.1) is 44.7 Å². The van der Waals surface area contributed by atoms with E-state index in [-0.39, 0.29) is 80.2 Å². The molecule has 2 atom stereocenters. The fourth-order valence-electron chi connectivity index (χ4n) is 5.84. The first-order valence-corrected chi connectivity index (χ1v) is 15.4. The Balaban J connectivity index is 1.68. The Morgan fingerprint density at radius 1 is 0.957 bits per heavy atom. The molecule has 2 aromatic carbocycles. The molecular weight excluding hydrogens is 626 g/mol. The Kier molecular flexibility index (Phi) is 10.6. The second kappa shape index (κ2) is 14.0. The van der Waals surface area contributed by atoms with Gasteiger partial charge in [-0.2, -0.15) is 13.2 Å². The van der Waals surface area contributed by atoms with Gasteiger partial charge in [-0.25, -0.2) is 9.18 Å².